The maximum absolute atomic E-state index is 12.5. The second-order valence-corrected chi connectivity index (χ2v) is 8.21. The molecular weight excluding hydrogens is 346 g/mol. The Hall–Kier alpha value is -2.88. The molecule has 0 radical (unpaired) electrons. The fraction of sp³-hybridized carbons (Fsp3) is 0.333. The van der Waals surface area contributed by atoms with Gasteiger partial charge in [-0.1, -0.05) is 45.0 Å². The average Bonchev–Trinajstić information content (AvgIpc) is 3.05. The number of hydrogen-bond acceptors (Lipinski definition) is 2. The van der Waals surface area contributed by atoms with Gasteiger partial charge in [-0.25, -0.2) is 5.43 Å². The number of carbonyl (C=O) groups is 1. The Bertz CT molecular complexity index is 1030. The van der Waals surface area contributed by atoms with Crippen LogP contribution in [-0.2, 0) is 12.8 Å². The number of aromatic amines is 1. The summed E-state index contributed by atoms with van der Waals surface area (Å²) >= 11 is 0. The first kappa shape index (κ1) is 18.5. The summed E-state index contributed by atoms with van der Waals surface area (Å²) in [7, 11) is 0. The molecule has 1 aromatic heterocycles. The van der Waals surface area contributed by atoms with Crippen LogP contribution < -0.4 is 5.43 Å². The number of carbonyl (C=O) groups excluding carboxylic acids is 1. The topological polar surface area (TPSA) is 57.2 Å². The first-order valence-electron chi connectivity index (χ1n) is 10.1. The molecule has 0 saturated carbocycles. The largest absolute Gasteiger partial charge is 0.358 e. The van der Waals surface area contributed by atoms with Gasteiger partial charge in [0.2, 0.25) is 0 Å². The van der Waals surface area contributed by atoms with Crippen molar-refractivity contribution in [2.75, 3.05) is 0 Å². The number of benzene rings is 2. The molecule has 0 fully saturated rings. The highest BCUT2D eigenvalue weighted by molar-refractivity contribution is 5.99. The third-order valence-corrected chi connectivity index (χ3v) is 5.68. The van der Waals surface area contributed by atoms with Gasteiger partial charge in [0.25, 0.3) is 5.91 Å². The van der Waals surface area contributed by atoms with Crippen LogP contribution in [0.25, 0.3) is 10.9 Å². The number of rotatable bonds is 4. The van der Waals surface area contributed by atoms with Crippen LogP contribution in [-0.4, -0.2) is 17.1 Å². The van der Waals surface area contributed by atoms with Crippen molar-refractivity contribution < 1.29 is 4.79 Å². The van der Waals surface area contributed by atoms with Crippen LogP contribution in [0, 0.1) is 5.92 Å². The van der Waals surface area contributed by atoms with E-state index >= 15 is 0 Å². The molecule has 0 aliphatic heterocycles. The van der Waals surface area contributed by atoms with Crippen LogP contribution in [0.3, 0.4) is 0 Å². The first-order chi connectivity index (χ1) is 13.5. The van der Waals surface area contributed by atoms with E-state index < -0.39 is 0 Å². The molecule has 2 N–H and O–H groups in total. The highest BCUT2D eigenvalue weighted by Crippen LogP contribution is 2.32. The van der Waals surface area contributed by atoms with E-state index in [0.717, 1.165) is 23.9 Å². The van der Waals surface area contributed by atoms with Crippen molar-refractivity contribution in [1.29, 1.82) is 0 Å². The van der Waals surface area contributed by atoms with E-state index in [1.54, 1.807) is 6.21 Å². The SMILES string of the molecule is CC1CCc2[nH]c3ccc(C(=O)N/N=C\c4ccc(C(C)C)cc4)cc3c2C1. The lowest BCUT2D eigenvalue weighted by atomic mass is 9.87. The highest BCUT2D eigenvalue weighted by Gasteiger charge is 2.20. The number of amides is 1. The van der Waals surface area contributed by atoms with Gasteiger partial charge in [0.05, 0.1) is 6.21 Å². The second kappa shape index (κ2) is 7.63. The number of nitrogens with one attached hydrogen (secondary N) is 2. The van der Waals surface area contributed by atoms with Gasteiger partial charge in [-0.15, -0.1) is 0 Å². The molecule has 1 heterocycles. The van der Waals surface area contributed by atoms with Crippen LogP contribution in [0.15, 0.2) is 47.6 Å². The Labute approximate surface area is 166 Å². The third kappa shape index (κ3) is 3.72. The first-order valence-corrected chi connectivity index (χ1v) is 10.1. The molecule has 2 aromatic carbocycles. The van der Waals surface area contributed by atoms with Crippen molar-refractivity contribution in [3.8, 4) is 0 Å². The molecule has 4 rings (SSSR count). The molecule has 1 amide bonds. The summed E-state index contributed by atoms with van der Waals surface area (Å²) in [5, 5.41) is 5.30. The summed E-state index contributed by atoms with van der Waals surface area (Å²) in [5.74, 6) is 1.01. The fourth-order valence-corrected chi connectivity index (χ4v) is 3.93. The van der Waals surface area contributed by atoms with Crippen LogP contribution in [0.4, 0.5) is 0 Å². The molecule has 144 valence electrons. The summed E-state index contributed by atoms with van der Waals surface area (Å²) < 4.78 is 0. The van der Waals surface area contributed by atoms with Crippen molar-refractivity contribution in [3.05, 3.63) is 70.4 Å². The van der Waals surface area contributed by atoms with Crippen molar-refractivity contribution in [1.82, 2.24) is 10.4 Å². The highest BCUT2D eigenvalue weighted by atomic mass is 16.2. The third-order valence-electron chi connectivity index (χ3n) is 5.68. The van der Waals surface area contributed by atoms with Gasteiger partial charge in [-0.2, -0.15) is 5.10 Å². The number of nitrogens with zero attached hydrogens (tertiary/aromatic N) is 1. The lowest BCUT2D eigenvalue weighted by Crippen LogP contribution is -2.17. The normalized spacial score (nSPS) is 16.6. The number of aromatic nitrogens is 1. The molecule has 1 atom stereocenters. The summed E-state index contributed by atoms with van der Waals surface area (Å²) in [6.07, 6.45) is 5.07. The maximum Gasteiger partial charge on any atom is 0.271 e. The molecule has 1 aliphatic carbocycles. The Balaban J connectivity index is 1.48. The number of aryl methyl sites for hydroxylation is 1. The van der Waals surface area contributed by atoms with Crippen LogP contribution >= 0.6 is 0 Å². The van der Waals surface area contributed by atoms with Gasteiger partial charge in [-0.05, 0) is 66.0 Å². The number of H-pyrrole nitrogens is 1. The van der Waals surface area contributed by atoms with E-state index in [1.807, 2.05) is 30.3 Å². The zero-order chi connectivity index (χ0) is 19.7. The van der Waals surface area contributed by atoms with E-state index in [9.17, 15) is 4.79 Å². The average molecular weight is 374 g/mol. The molecule has 1 unspecified atom stereocenters. The quantitative estimate of drug-likeness (QED) is 0.480. The van der Waals surface area contributed by atoms with Gasteiger partial charge in [0.1, 0.15) is 0 Å². The summed E-state index contributed by atoms with van der Waals surface area (Å²) in [4.78, 5) is 16.1. The zero-order valence-electron chi connectivity index (χ0n) is 16.8. The Morgan fingerprint density at radius 3 is 2.75 bits per heavy atom. The molecule has 3 aromatic rings. The lowest BCUT2D eigenvalue weighted by Gasteiger charge is -2.18. The minimum absolute atomic E-state index is 0.184. The Kier molecular flexibility index (Phi) is 5.03. The van der Waals surface area contributed by atoms with Gasteiger partial charge in [-0.3, -0.25) is 4.79 Å². The van der Waals surface area contributed by atoms with Gasteiger partial charge in [0.15, 0.2) is 0 Å². The van der Waals surface area contributed by atoms with E-state index in [4.69, 9.17) is 0 Å². The Morgan fingerprint density at radius 2 is 2.00 bits per heavy atom. The summed E-state index contributed by atoms with van der Waals surface area (Å²) in [6, 6.07) is 14.1. The molecule has 28 heavy (non-hydrogen) atoms. The van der Waals surface area contributed by atoms with Crippen LogP contribution in [0.2, 0.25) is 0 Å². The second-order valence-electron chi connectivity index (χ2n) is 8.21. The Morgan fingerprint density at radius 1 is 1.21 bits per heavy atom. The monoisotopic (exact) mass is 373 g/mol. The number of hydrogen-bond donors (Lipinski definition) is 2. The molecule has 0 spiro atoms. The van der Waals surface area contributed by atoms with Gasteiger partial charge in [0, 0.05) is 22.2 Å². The minimum atomic E-state index is -0.184. The molecule has 0 saturated heterocycles. The van der Waals surface area contributed by atoms with Gasteiger partial charge < -0.3 is 4.98 Å². The maximum atomic E-state index is 12.5. The van der Waals surface area contributed by atoms with E-state index in [2.05, 4.69) is 48.4 Å². The predicted molar refractivity (Wildman–Crippen MR) is 115 cm³/mol. The van der Waals surface area contributed by atoms with E-state index in [-0.39, 0.29) is 5.91 Å². The summed E-state index contributed by atoms with van der Waals surface area (Å²) in [6.45, 7) is 6.63. The number of hydrazone groups is 1. The number of fused-ring (bicyclic) bond motifs is 3. The standard InChI is InChI=1S/C24H27N3O/c1-15(2)18-7-5-17(6-8-18)14-25-27-24(28)19-9-11-23-21(13-19)20-12-16(3)4-10-22(20)26-23/h5-9,11,13-16,26H,4,10,12H2,1-3H3,(H,27,28)/b25-14-. The van der Waals surface area contributed by atoms with Crippen molar-refractivity contribution in [2.45, 2.75) is 46.0 Å². The summed E-state index contributed by atoms with van der Waals surface area (Å²) in [5.41, 5.74) is 9.36. The van der Waals surface area contributed by atoms with Gasteiger partial charge >= 0.3 is 0 Å². The van der Waals surface area contributed by atoms with E-state index in [1.165, 1.54) is 28.6 Å². The molecular formula is C24H27N3O. The lowest BCUT2D eigenvalue weighted by molar-refractivity contribution is 0.0955. The molecule has 4 nitrogen and oxygen atoms in total. The molecule has 4 heteroatoms. The predicted octanol–water partition coefficient (Wildman–Crippen LogP) is 5.18. The van der Waals surface area contributed by atoms with Crippen molar-refractivity contribution >= 4 is 23.0 Å². The molecule has 0 bridgehead atoms. The zero-order valence-corrected chi connectivity index (χ0v) is 16.8. The smallest absolute Gasteiger partial charge is 0.271 e. The van der Waals surface area contributed by atoms with Crippen LogP contribution in [0.5, 0.6) is 0 Å². The van der Waals surface area contributed by atoms with Crippen molar-refractivity contribution in [2.24, 2.45) is 11.0 Å². The van der Waals surface area contributed by atoms with Crippen LogP contribution in [0.1, 0.15) is 65.9 Å². The van der Waals surface area contributed by atoms with E-state index in [0.29, 0.717) is 17.4 Å². The molecule has 1 aliphatic rings. The van der Waals surface area contributed by atoms with Crippen molar-refractivity contribution in [3.63, 3.8) is 0 Å². The fourth-order valence-electron chi connectivity index (χ4n) is 3.93. The minimum Gasteiger partial charge on any atom is -0.358 e.